The van der Waals surface area contributed by atoms with Crippen molar-refractivity contribution in [3.8, 4) is 45.3 Å². The van der Waals surface area contributed by atoms with Crippen molar-refractivity contribution in [2.45, 2.75) is 6.92 Å². The van der Waals surface area contributed by atoms with E-state index in [0.29, 0.717) is 87.6 Å². The first-order chi connectivity index (χ1) is 47.8. The van der Waals surface area contributed by atoms with Gasteiger partial charge in [-0.15, -0.1) is 55.4 Å². The fourth-order valence-corrected chi connectivity index (χ4v) is 9.81. The number of hydrogen-bond donors (Lipinski definition) is 8. The second kappa shape index (κ2) is 34.4. The monoisotopic (exact) mass is 1400 g/mol. The number of phenols is 4. The van der Waals surface area contributed by atoms with Gasteiger partial charge in [-0.2, -0.15) is 15.1 Å². The van der Waals surface area contributed by atoms with Gasteiger partial charge in [-0.1, -0.05) is 105 Å². The van der Waals surface area contributed by atoms with Gasteiger partial charge in [0.1, 0.15) is 40.6 Å². The lowest BCUT2D eigenvalue weighted by Crippen LogP contribution is -2.40. The van der Waals surface area contributed by atoms with Gasteiger partial charge in [-0.25, -0.2) is 5.10 Å². The molecular formula is C61H53ClN22O11S3. The van der Waals surface area contributed by atoms with E-state index in [9.17, 15) is 30.0 Å². The minimum Gasteiger partial charge on any atom is -0.506 e. The summed E-state index contributed by atoms with van der Waals surface area (Å²) in [5, 5.41) is 110. The van der Waals surface area contributed by atoms with Crippen LogP contribution in [0.4, 0.5) is 62.0 Å². The molecule has 2 amide bonds. The molecule has 0 bridgehead atoms. The summed E-state index contributed by atoms with van der Waals surface area (Å²) in [6.45, 7) is 3.37. The van der Waals surface area contributed by atoms with Crippen LogP contribution in [0.3, 0.4) is 0 Å². The lowest BCUT2D eigenvalue weighted by atomic mass is 10.0. The summed E-state index contributed by atoms with van der Waals surface area (Å²) in [7, 11) is 1.77. The van der Waals surface area contributed by atoms with Crippen LogP contribution in [0.2, 0.25) is 5.02 Å². The average molecular weight is 1400 g/mol. The van der Waals surface area contributed by atoms with E-state index in [4.69, 9.17) is 30.5 Å². The van der Waals surface area contributed by atoms with Crippen LogP contribution in [0.5, 0.6) is 33.9 Å². The Morgan fingerprint density at radius 1 is 0.735 bits per heavy atom. The SMILES string of the molecule is CNc1cccc2c(O)c(C(=O)N3CCOCC3)cc(N=Nc3ncn[nH]3)c12.CSOOc1nnc(N=Nc2ccc(O)c(NC(C)=O)c2)s1.Oc1c(NCOc2ccncc2)cc(N=Nc2nc(-c3ccccc3)no2)c2ccccc12.Oc1ccc(N=Nc2nncs2)cc1Cl. The molecule has 98 heavy (non-hydrogen) atoms. The number of hydrogen-bond acceptors (Lipinski definition) is 33. The van der Waals surface area contributed by atoms with Gasteiger partial charge in [0.15, 0.2) is 6.73 Å². The molecule has 0 aliphatic carbocycles. The van der Waals surface area contributed by atoms with E-state index in [1.54, 1.807) is 90.7 Å². The zero-order valence-corrected chi connectivity index (χ0v) is 54.6. The Morgan fingerprint density at radius 2 is 1.47 bits per heavy atom. The number of H-pyrrole nitrogens is 1. The molecule has 0 atom stereocenters. The fourth-order valence-electron chi connectivity index (χ4n) is 8.62. The van der Waals surface area contributed by atoms with Crippen molar-refractivity contribution in [2.75, 3.05) is 62.3 Å². The highest BCUT2D eigenvalue weighted by Gasteiger charge is 2.25. The number of nitrogens with one attached hydrogen (secondary N) is 4. The van der Waals surface area contributed by atoms with Crippen molar-refractivity contribution in [1.29, 1.82) is 0 Å². The van der Waals surface area contributed by atoms with E-state index >= 15 is 0 Å². The van der Waals surface area contributed by atoms with Crippen LogP contribution in [0, 0.1) is 0 Å². The molecule has 1 saturated heterocycles. The zero-order valence-electron chi connectivity index (χ0n) is 51.3. The van der Waals surface area contributed by atoms with Crippen LogP contribution >= 0.6 is 46.3 Å². The Morgan fingerprint density at radius 3 is 2.19 bits per heavy atom. The number of carbonyl (C=O) groups is 2. The fraction of sp³-hybridized carbons (Fsp3) is 0.131. The number of fused-ring (bicyclic) bond motifs is 2. The van der Waals surface area contributed by atoms with Crippen LogP contribution in [0.25, 0.3) is 32.9 Å². The number of phenolic OH excluding ortho intramolecular Hbond substituents is 4. The predicted molar refractivity (Wildman–Crippen MR) is 364 cm³/mol. The van der Waals surface area contributed by atoms with Gasteiger partial charge in [-0.05, 0) is 78.1 Å². The molecule has 0 unspecified atom stereocenters. The Hall–Kier alpha value is -12.1. The van der Waals surface area contributed by atoms with Crippen LogP contribution in [0.15, 0.2) is 203 Å². The van der Waals surface area contributed by atoms with Crippen LogP contribution in [0.1, 0.15) is 17.3 Å². The van der Waals surface area contributed by atoms with Gasteiger partial charge >= 0.3 is 11.2 Å². The summed E-state index contributed by atoms with van der Waals surface area (Å²) in [6.07, 6.45) is 6.30. The summed E-state index contributed by atoms with van der Waals surface area (Å²) in [5.74, 6) is 0.719. The van der Waals surface area contributed by atoms with E-state index in [2.05, 4.69) is 112 Å². The summed E-state index contributed by atoms with van der Waals surface area (Å²) in [4.78, 5) is 42.6. The van der Waals surface area contributed by atoms with E-state index in [0.717, 1.165) is 40.0 Å². The van der Waals surface area contributed by atoms with Crippen molar-refractivity contribution in [3.63, 3.8) is 0 Å². The molecule has 0 spiro atoms. The normalized spacial score (nSPS) is 12.1. The van der Waals surface area contributed by atoms with Crippen molar-refractivity contribution >= 4 is 142 Å². The number of rotatable bonds is 19. The lowest BCUT2D eigenvalue weighted by molar-refractivity contribution is -0.114. The predicted octanol–water partition coefficient (Wildman–Crippen LogP) is 15.0. The smallest absolute Gasteiger partial charge is 0.366 e. The van der Waals surface area contributed by atoms with E-state index in [1.807, 2.05) is 54.6 Å². The van der Waals surface area contributed by atoms with Crippen molar-refractivity contribution in [2.24, 2.45) is 40.9 Å². The highest BCUT2D eigenvalue weighted by atomic mass is 35.5. The van der Waals surface area contributed by atoms with E-state index in [-0.39, 0.29) is 80.1 Å². The topological polar surface area (TPSA) is 435 Å². The Kier molecular flexibility index (Phi) is 24.1. The maximum absolute atomic E-state index is 13.0. The highest BCUT2D eigenvalue weighted by molar-refractivity contribution is 7.93. The average Bonchev–Trinajstić information content (AvgIpc) is 0.828. The summed E-state index contributed by atoms with van der Waals surface area (Å²) in [5.41, 5.74) is 5.95. The highest BCUT2D eigenvalue weighted by Crippen LogP contribution is 2.43. The number of morpholine rings is 1. The summed E-state index contributed by atoms with van der Waals surface area (Å²) in [6, 6.07) is 38.0. The standard InChI is InChI=1S/C24H18N6O3.C18H19N7O3.C11H11N5O4S2.C8H5ClN4OS/c31-22-19-9-5-4-8-18(19)20(14-21(22)26-15-32-17-10-12-25-13-11-17)28-29-24-27-23(30-33-24)16-6-2-1-3-7-16;1-19-13-4-2-3-11-15(13)14(22-24-18-20-10-21-23-18)9-12(16(11)26)17(27)25-5-7-28-8-6-25;1-6(17)12-8-5-7(3-4-9(8)18)13-14-10-15-16-11(22-10)19-20-21-2;9-6-3-5(1-2-7(6)14)11-13-8-12-10-4-15-8/h1-14,26,31H,15H2;2-4,9-10,19,26H,5-8H2,1H3,(H,20,21,23);3-5,18H,1-2H3,(H,12,17);1-4,14H. The first-order valence-electron chi connectivity index (χ1n) is 28.6. The third kappa shape index (κ3) is 18.9. The summed E-state index contributed by atoms with van der Waals surface area (Å²) < 4.78 is 20.8. The largest absolute Gasteiger partial charge is 0.506 e. The quantitative estimate of drug-likeness (QED) is 0.00930. The van der Waals surface area contributed by atoms with Gasteiger partial charge in [-0.3, -0.25) is 19.5 Å². The van der Waals surface area contributed by atoms with Crippen LogP contribution in [-0.2, 0) is 13.9 Å². The first kappa shape index (κ1) is 68.8. The molecule has 7 aromatic carbocycles. The molecule has 1 aliphatic rings. The van der Waals surface area contributed by atoms with Crippen LogP contribution in [-0.4, -0.2) is 134 Å². The van der Waals surface area contributed by atoms with Crippen molar-refractivity contribution < 1.29 is 53.2 Å². The number of benzene rings is 7. The molecule has 13 rings (SSSR count). The Labute approximate surface area is 571 Å². The zero-order chi connectivity index (χ0) is 68.6. The Bertz CT molecular complexity index is 4760. The van der Waals surface area contributed by atoms with Crippen molar-refractivity contribution in [1.82, 2.24) is 55.6 Å². The number of pyridine rings is 1. The van der Waals surface area contributed by atoms with Gasteiger partial charge in [0.05, 0.1) is 57.9 Å². The number of aromatic amines is 1. The maximum Gasteiger partial charge on any atom is 0.366 e. The minimum atomic E-state index is -0.302. The second-order valence-corrected chi connectivity index (χ2v) is 22.1. The van der Waals surface area contributed by atoms with Gasteiger partial charge in [0, 0.05) is 90.5 Å². The molecule has 37 heteroatoms. The van der Waals surface area contributed by atoms with Crippen molar-refractivity contribution in [3.05, 3.63) is 168 Å². The number of aromatic hydroxyl groups is 4. The van der Waals surface area contributed by atoms with Gasteiger partial charge in [0.2, 0.25) is 11.7 Å². The molecule has 33 nitrogen and oxygen atoms in total. The molecule has 1 fully saturated rings. The number of anilines is 3. The summed E-state index contributed by atoms with van der Waals surface area (Å²) >= 11 is 9.06. The number of nitrogens with zero attached hydrogens (tertiary/aromatic N) is 18. The number of ether oxygens (including phenoxy) is 2. The lowest BCUT2D eigenvalue weighted by Gasteiger charge is -2.27. The molecule has 12 aromatic rings. The molecule has 0 saturated carbocycles. The molecule has 5 aromatic heterocycles. The second-order valence-electron chi connectivity index (χ2n) is 19.4. The molecule has 498 valence electrons. The minimum absolute atomic E-state index is 0.0199. The number of amides is 2. The molecular weight excluding hydrogens is 1350 g/mol. The first-order valence-corrected chi connectivity index (χ1v) is 31.9. The van der Waals surface area contributed by atoms with Gasteiger partial charge < -0.3 is 55.3 Å². The maximum atomic E-state index is 13.0. The number of azo groups is 4. The Balaban J connectivity index is 0.000000147. The van der Waals surface area contributed by atoms with Crippen LogP contribution < -0.4 is 25.6 Å². The molecule has 0 radical (unpaired) electrons. The number of carbonyl (C=O) groups excluding carboxylic acids is 2. The molecule has 8 N–H and O–H groups in total. The number of aromatic nitrogens is 10. The third-order valence-corrected chi connectivity index (χ3v) is 14.8. The van der Waals surface area contributed by atoms with E-state index in [1.165, 1.54) is 48.9 Å². The van der Waals surface area contributed by atoms with Gasteiger partial charge in [0.25, 0.3) is 22.1 Å². The van der Waals surface area contributed by atoms with E-state index < -0.39 is 0 Å². The molecule has 1 aliphatic heterocycles. The molecule has 6 heterocycles. The third-order valence-electron chi connectivity index (χ3n) is 13.0. The number of halogens is 1.